The molecule has 1 aromatic carbocycles. The van der Waals surface area contributed by atoms with E-state index in [1.165, 1.54) is 0 Å². The summed E-state index contributed by atoms with van der Waals surface area (Å²) in [6.07, 6.45) is -0.314. The van der Waals surface area contributed by atoms with Crippen molar-refractivity contribution >= 4 is 29.1 Å². The highest BCUT2D eigenvalue weighted by Crippen LogP contribution is 2.34. The van der Waals surface area contributed by atoms with Gasteiger partial charge in [-0.2, -0.15) is 5.26 Å². The van der Waals surface area contributed by atoms with Crippen LogP contribution in [0.25, 0.3) is 0 Å². The molecule has 0 spiro atoms. The summed E-state index contributed by atoms with van der Waals surface area (Å²) in [6, 6.07) is 5.41. The highest BCUT2D eigenvalue weighted by Gasteiger charge is 2.31. The van der Waals surface area contributed by atoms with Crippen molar-refractivity contribution in [1.29, 1.82) is 5.26 Å². The van der Waals surface area contributed by atoms with Gasteiger partial charge in [-0.3, -0.25) is 0 Å². The van der Waals surface area contributed by atoms with Crippen LogP contribution in [-0.2, 0) is 4.74 Å². The molecule has 6 nitrogen and oxygen atoms in total. The zero-order valence-electron chi connectivity index (χ0n) is 14.5. The molecule has 1 amide bonds. The Bertz CT molecular complexity index is 678. The molecule has 1 heterocycles. The maximum Gasteiger partial charge on any atom is 0.410 e. The molecule has 7 heteroatoms. The first-order chi connectivity index (χ1) is 11.1. The van der Waals surface area contributed by atoms with Gasteiger partial charge in [0.1, 0.15) is 5.60 Å². The van der Waals surface area contributed by atoms with Crippen molar-refractivity contribution in [2.45, 2.75) is 39.3 Å². The average molecular weight is 351 g/mol. The molecule has 0 radical (unpaired) electrons. The van der Waals surface area contributed by atoms with Crippen molar-refractivity contribution in [2.24, 2.45) is 0 Å². The van der Waals surface area contributed by atoms with Gasteiger partial charge in [-0.1, -0.05) is 11.6 Å². The van der Waals surface area contributed by atoms with Crippen LogP contribution in [0.4, 0.5) is 16.2 Å². The summed E-state index contributed by atoms with van der Waals surface area (Å²) < 4.78 is 5.43. The van der Waals surface area contributed by atoms with E-state index in [0.29, 0.717) is 35.9 Å². The van der Waals surface area contributed by atoms with Crippen LogP contribution in [0.2, 0.25) is 5.02 Å². The molecule has 0 aromatic heterocycles. The van der Waals surface area contributed by atoms with Crippen molar-refractivity contribution in [2.75, 3.05) is 30.3 Å². The van der Waals surface area contributed by atoms with Gasteiger partial charge in [0.05, 0.1) is 28.0 Å². The lowest BCUT2D eigenvalue weighted by atomic mass is 10.1. The molecule has 2 rings (SSSR count). The number of piperazine rings is 1. The predicted molar refractivity (Wildman–Crippen MR) is 95.2 cm³/mol. The van der Waals surface area contributed by atoms with E-state index < -0.39 is 5.60 Å². The third-order valence-corrected chi connectivity index (χ3v) is 4.21. The van der Waals surface area contributed by atoms with Crippen LogP contribution in [0.1, 0.15) is 33.3 Å². The van der Waals surface area contributed by atoms with Crippen molar-refractivity contribution in [3.8, 4) is 6.07 Å². The molecular weight excluding hydrogens is 328 g/mol. The first kappa shape index (κ1) is 18.2. The summed E-state index contributed by atoms with van der Waals surface area (Å²) >= 11 is 6.33. The predicted octanol–water partition coefficient (Wildman–Crippen LogP) is 3.24. The van der Waals surface area contributed by atoms with Gasteiger partial charge in [-0.05, 0) is 39.8 Å². The van der Waals surface area contributed by atoms with Crippen molar-refractivity contribution in [3.05, 3.63) is 22.7 Å². The van der Waals surface area contributed by atoms with Crippen LogP contribution in [0, 0.1) is 11.3 Å². The SMILES string of the molecule is C[C@@H]1CN(C(=O)OC(C)(C)C)CCN1c1cc(C#N)cc(N)c1Cl. The van der Waals surface area contributed by atoms with E-state index in [-0.39, 0.29) is 12.1 Å². The summed E-state index contributed by atoms with van der Waals surface area (Å²) in [4.78, 5) is 16.0. The highest BCUT2D eigenvalue weighted by atomic mass is 35.5. The second kappa shape index (κ2) is 6.78. The van der Waals surface area contributed by atoms with E-state index in [0.717, 1.165) is 5.69 Å². The smallest absolute Gasteiger partial charge is 0.410 e. The Morgan fingerprint density at radius 3 is 2.62 bits per heavy atom. The first-order valence-electron chi connectivity index (χ1n) is 7.86. The topological polar surface area (TPSA) is 82.6 Å². The lowest BCUT2D eigenvalue weighted by Crippen LogP contribution is -2.54. The third kappa shape index (κ3) is 4.04. The minimum Gasteiger partial charge on any atom is -0.444 e. The Morgan fingerprint density at radius 2 is 2.08 bits per heavy atom. The number of nitrogen functional groups attached to an aromatic ring is 1. The van der Waals surface area contributed by atoms with Crippen molar-refractivity contribution in [1.82, 2.24) is 4.90 Å². The lowest BCUT2D eigenvalue weighted by molar-refractivity contribution is 0.0219. The number of nitriles is 1. The fourth-order valence-corrected chi connectivity index (χ4v) is 2.93. The standard InChI is InChI=1S/C17H23ClN4O2/c1-11-10-21(16(23)24-17(2,3)4)5-6-22(11)14-8-12(9-19)7-13(20)15(14)18/h7-8,11H,5-6,10,20H2,1-4H3/t11-/m1/s1. The number of halogens is 1. The molecule has 0 saturated carbocycles. The Hall–Kier alpha value is -2.13. The van der Waals surface area contributed by atoms with E-state index in [4.69, 9.17) is 27.3 Å². The maximum absolute atomic E-state index is 12.2. The van der Waals surface area contributed by atoms with Gasteiger partial charge in [0.2, 0.25) is 0 Å². The van der Waals surface area contributed by atoms with E-state index in [1.807, 2.05) is 27.7 Å². The molecule has 2 N–H and O–H groups in total. The lowest BCUT2D eigenvalue weighted by Gasteiger charge is -2.41. The zero-order chi connectivity index (χ0) is 18.1. The molecule has 0 unspecified atom stereocenters. The molecule has 1 aromatic rings. The average Bonchev–Trinajstić information content (AvgIpc) is 2.48. The number of carbonyl (C=O) groups excluding carboxylic acids is 1. The van der Waals surface area contributed by atoms with Gasteiger partial charge >= 0.3 is 6.09 Å². The summed E-state index contributed by atoms with van der Waals surface area (Å²) in [5, 5.41) is 9.56. The van der Waals surface area contributed by atoms with Crippen LogP contribution < -0.4 is 10.6 Å². The quantitative estimate of drug-likeness (QED) is 0.786. The second-order valence-electron chi connectivity index (χ2n) is 6.98. The molecule has 130 valence electrons. The number of anilines is 2. The number of nitrogens with zero attached hydrogens (tertiary/aromatic N) is 3. The number of hydrogen-bond donors (Lipinski definition) is 1. The monoisotopic (exact) mass is 350 g/mol. The second-order valence-corrected chi connectivity index (χ2v) is 7.36. The molecule has 1 saturated heterocycles. The number of hydrogen-bond acceptors (Lipinski definition) is 5. The molecule has 1 atom stereocenters. The third-order valence-electron chi connectivity index (χ3n) is 3.80. The van der Waals surface area contributed by atoms with Gasteiger partial charge in [0, 0.05) is 25.7 Å². The largest absolute Gasteiger partial charge is 0.444 e. The van der Waals surface area contributed by atoms with Gasteiger partial charge < -0.3 is 20.3 Å². The number of benzene rings is 1. The molecular formula is C17H23ClN4O2. The molecule has 0 aliphatic carbocycles. The van der Waals surface area contributed by atoms with E-state index >= 15 is 0 Å². The van der Waals surface area contributed by atoms with Crippen LogP contribution in [0.3, 0.4) is 0 Å². The molecule has 1 fully saturated rings. The minimum atomic E-state index is -0.518. The van der Waals surface area contributed by atoms with Crippen LogP contribution >= 0.6 is 11.6 Å². The Labute approximate surface area is 147 Å². The molecule has 1 aliphatic heterocycles. The fourth-order valence-electron chi connectivity index (χ4n) is 2.71. The Kier molecular flexibility index (Phi) is 5.14. The zero-order valence-corrected chi connectivity index (χ0v) is 15.2. The van der Waals surface area contributed by atoms with Gasteiger partial charge in [0.15, 0.2) is 0 Å². The Balaban J connectivity index is 2.16. The van der Waals surface area contributed by atoms with Crippen LogP contribution in [0.15, 0.2) is 12.1 Å². The van der Waals surface area contributed by atoms with E-state index in [2.05, 4.69) is 11.0 Å². The molecule has 0 bridgehead atoms. The fraction of sp³-hybridized carbons (Fsp3) is 0.529. The number of rotatable bonds is 1. The number of nitrogens with two attached hydrogens (primary N) is 1. The highest BCUT2D eigenvalue weighted by molar-refractivity contribution is 6.35. The molecule has 1 aliphatic rings. The van der Waals surface area contributed by atoms with E-state index in [9.17, 15) is 4.79 Å². The van der Waals surface area contributed by atoms with Gasteiger partial charge in [-0.15, -0.1) is 0 Å². The maximum atomic E-state index is 12.2. The minimum absolute atomic E-state index is 0.0251. The van der Waals surface area contributed by atoms with Gasteiger partial charge in [0.25, 0.3) is 0 Å². The summed E-state index contributed by atoms with van der Waals surface area (Å²) in [5.41, 5.74) is 6.96. The Morgan fingerprint density at radius 1 is 1.42 bits per heavy atom. The van der Waals surface area contributed by atoms with Crippen molar-refractivity contribution < 1.29 is 9.53 Å². The van der Waals surface area contributed by atoms with Crippen molar-refractivity contribution in [3.63, 3.8) is 0 Å². The van der Waals surface area contributed by atoms with Gasteiger partial charge in [-0.25, -0.2) is 4.79 Å². The normalized spacial score (nSPS) is 18.2. The van der Waals surface area contributed by atoms with E-state index in [1.54, 1.807) is 17.0 Å². The number of amides is 1. The summed E-state index contributed by atoms with van der Waals surface area (Å²) in [5.74, 6) is 0. The van der Waals surface area contributed by atoms with Crippen LogP contribution in [-0.4, -0.2) is 42.3 Å². The number of carbonyl (C=O) groups is 1. The number of ether oxygens (including phenoxy) is 1. The summed E-state index contributed by atoms with van der Waals surface area (Å²) in [7, 11) is 0. The van der Waals surface area contributed by atoms with Crippen LogP contribution in [0.5, 0.6) is 0 Å². The first-order valence-corrected chi connectivity index (χ1v) is 8.24. The molecule has 24 heavy (non-hydrogen) atoms. The summed E-state index contributed by atoms with van der Waals surface area (Å²) in [6.45, 7) is 9.17.